The highest BCUT2D eigenvalue weighted by Crippen LogP contribution is 2.44. The average molecular weight is 428 g/mol. The number of aliphatic hydroxyl groups is 1. The van der Waals surface area contributed by atoms with Gasteiger partial charge in [0.2, 0.25) is 0 Å². The molecule has 27 heavy (non-hydrogen) atoms. The van der Waals surface area contributed by atoms with Gasteiger partial charge in [-0.15, -0.1) is 17.0 Å². The zero-order valence-corrected chi connectivity index (χ0v) is 17.9. The molecule has 0 aromatic heterocycles. The quantitative estimate of drug-likeness (QED) is 0.535. The van der Waals surface area contributed by atoms with Gasteiger partial charge in [0.25, 0.3) is 0 Å². The largest absolute Gasteiger partial charge is 0.510 e. The van der Waals surface area contributed by atoms with Crippen LogP contribution in [0.3, 0.4) is 0 Å². The van der Waals surface area contributed by atoms with Gasteiger partial charge in [0.05, 0.1) is 5.70 Å². The second kappa shape index (κ2) is 8.97. The Balaban J connectivity index is 0.00000210. The first kappa shape index (κ1) is 20.0. The van der Waals surface area contributed by atoms with Crippen LogP contribution in [0.1, 0.15) is 70.3 Å². The minimum atomic E-state index is 0. The van der Waals surface area contributed by atoms with Crippen LogP contribution in [0.4, 0.5) is 0 Å². The molecule has 0 radical (unpaired) electrons. The summed E-state index contributed by atoms with van der Waals surface area (Å²) in [5, 5.41) is 14.2. The van der Waals surface area contributed by atoms with E-state index in [1.54, 1.807) is 0 Å². The summed E-state index contributed by atoms with van der Waals surface area (Å²) in [6, 6.07) is 10.6. The van der Waals surface area contributed by atoms with Crippen molar-refractivity contribution in [3.63, 3.8) is 0 Å². The highest BCUT2D eigenvalue weighted by Gasteiger charge is 2.31. The fourth-order valence-corrected chi connectivity index (χ4v) is 4.52. The van der Waals surface area contributed by atoms with Crippen LogP contribution in [0.2, 0.25) is 0 Å². The predicted octanol–water partition coefficient (Wildman–Crippen LogP) is 7.13. The van der Waals surface area contributed by atoms with Crippen molar-refractivity contribution in [3.05, 3.63) is 75.3 Å². The Hall–Kier alpha value is -1.74. The molecule has 2 nitrogen and oxygen atoms in total. The molecule has 0 saturated heterocycles. The number of nitrogens with one attached hydrogen (secondary N) is 1. The predicted molar refractivity (Wildman–Crippen MR) is 119 cm³/mol. The van der Waals surface area contributed by atoms with Gasteiger partial charge in [0, 0.05) is 12.1 Å². The molecule has 1 aliphatic heterocycles. The molecule has 144 valence electrons. The molecular formula is C24H30BrNO. The molecule has 1 heterocycles. The molecule has 1 aromatic rings. The fraction of sp³-hybridized carbons (Fsp3) is 0.417. The molecule has 1 aromatic carbocycles. The van der Waals surface area contributed by atoms with Gasteiger partial charge in [0.15, 0.2) is 0 Å². The molecule has 0 fully saturated rings. The summed E-state index contributed by atoms with van der Waals surface area (Å²) in [4.78, 5) is 0. The van der Waals surface area contributed by atoms with E-state index in [1.807, 2.05) is 0 Å². The van der Waals surface area contributed by atoms with Gasteiger partial charge in [-0.3, -0.25) is 0 Å². The maximum Gasteiger partial charge on any atom is 0.116 e. The van der Waals surface area contributed by atoms with Gasteiger partial charge >= 0.3 is 0 Å². The van der Waals surface area contributed by atoms with Crippen molar-refractivity contribution in [2.75, 3.05) is 0 Å². The zero-order chi connectivity index (χ0) is 17.9. The van der Waals surface area contributed by atoms with Crippen molar-refractivity contribution < 1.29 is 5.11 Å². The molecule has 4 rings (SSSR count). The van der Waals surface area contributed by atoms with Crippen LogP contribution in [-0.4, -0.2) is 5.11 Å². The highest BCUT2D eigenvalue weighted by atomic mass is 79.9. The maximum absolute atomic E-state index is 10.6. The number of dihydropyridines is 1. The molecule has 2 aliphatic carbocycles. The molecule has 0 spiro atoms. The Labute approximate surface area is 173 Å². The molecule has 0 saturated carbocycles. The Morgan fingerprint density at radius 2 is 1.70 bits per heavy atom. The lowest BCUT2D eigenvalue weighted by atomic mass is 9.77. The van der Waals surface area contributed by atoms with E-state index in [2.05, 4.69) is 48.6 Å². The van der Waals surface area contributed by atoms with Gasteiger partial charge in [-0.1, -0.05) is 43.7 Å². The van der Waals surface area contributed by atoms with E-state index in [1.165, 1.54) is 52.8 Å². The van der Waals surface area contributed by atoms with E-state index in [0.29, 0.717) is 5.76 Å². The number of unbranched alkanes of at least 4 members (excludes halogenated alkanes) is 1. The molecular weight excluding hydrogens is 398 g/mol. The Morgan fingerprint density at radius 1 is 0.963 bits per heavy atom. The van der Waals surface area contributed by atoms with Crippen molar-refractivity contribution >= 4 is 23.1 Å². The number of hydrogen-bond donors (Lipinski definition) is 2. The Kier molecular flexibility index (Phi) is 6.64. The van der Waals surface area contributed by atoms with Crippen molar-refractivity contribution in [2.45, 2.75) is 64.7 Å². The maximum atomic E-state index is 10.6. The van der Waals surface area contributed by atoms with E-state index >= 15 is 0 Å². The molecule has 0 atom stereocenters. The number of benzene rings is 1. The van der Waals surface area contributed by atoms with Crippen molar-refractivity contribution in [1.82, 2.24) is 5.32 Å². The third kappa shape index (κ3) is 4.08. The number of halogens is 1. The lowest BCUT2D eigenvalue weighted by molar-refractivity contribution is 0.363. The van der Waals surface area contributed by atoms with Crippen LogP contribution in [0, 0.1) is 0 Å². The standard InChI is InChI=1S/C24H29NO.BrH/c1-2-3-12-19-20-13-7-11-18(16-17-9-5-4-6-10-17)23(20)25-24-21(19)14-8-15-22(24)26;/h4-6,9-10,16,25-26H,2-3,7-8,11-15H2,1H3;1H/b18-16-;. The molecule has 3 aliphatic rings. The van der Waals surface area contributed by atoms with Crippen LogP contribution in [-0.2, 0) is 0 Å². The van der Waals surface area contributed by atoms with Gasteiger partial charge in [0.1, 0.15) is 5.76 Å². The van der Waals surface area contributed by atoms with Crippen molar-refractivity contribution in [3.8, 4) is 0 Å². The number of fused-ring (bicyclic) bond motifs is 1. The minimum absolute atomic E-state index is 0. The Bertz CT molecular complexity index is 814. The average Bonchev–Trinajstić information content (AvgIpc) is 2.67. The number of rotatable bonds is 4. The van der Waals surface area contributed by atoms with Crippen LogP contribution < -0.4 is 5.32 Å². The van der Waals surface area contributed by atoms with Crippen molar-refractivity contribution in [2.24, 2.45) is 0 Å². The summed E-state index contributed by atoms with van der Waals surface area (Å²) in [5.41, 5.74) is 9.37. The first-order valence-corrected chi connectivity index (χ1v) is 10.2. The summed E-state index contributed by atoms with van der Waals surface area (Å²) in [7, 11) is 0. The molecule has 3 heteroatoms. The molecule has 2 N–H and O–H groups in total. The topological polar surface area (TPSA) is 32.3 Å². The van der Waals surface area contributed by atoms with Gasteiger partial charge in [-0.2, -0.15) is 0 Å². The van der Waals surface area contributed by atoms with E-state index in [0.717, 1.165) is 44.2 Å². The third-order valence-corrected chi connectivity index (χ3v) is 5.83. The third-order valence-electron chi connectivity index (χ3n) is 5.83. The van der Waals surface area contributed by atoms with Crippen molar-refractivity contribution in [1.29, 1.82) is 0 Å². The fourth-order valence-electron chi connectivity index (χ4n) is 4.52. The van der Waals surface area contributed by atoms with E-state index in [-0.39, 0.29) is 17.0 Å². The summed E-state index contributed by atoms with van der Waals surface area (Å²) < 4.78 is 0. The van der Waals surface area contributed by atoms with E-state index in [9.17, 15) is 5.11 Å². The van der Waals surface area contributed by atoms with E-state index < -0.39 is 0 Å². The molecule has 0 amide bonds. The van der Waals surface area contributed by atoms with Crippen LogP contribution >= 0.6 is 17.0 Å². The second-order valence-electron chi connectivity index (χ2n) is 7.65. The first-order valence-electron chi connectivity index (χ1n) is 10.2. The monoisotopic (exact) mass is 427 g/mol. The normalized spacial score (nSPS) is 20.9. The van der Waals surface area contributed by atoms with E-state index in [4.69, 9.17) is 0 Å². The summed E-state index contributed by atoms with van der Waals surface area (Å²) >= 11 is 0. The number of aliphatic hydroxyl groups excluding tert-OH is 1. The van der Waals surface area contributed by atoms with Gasteiger partial charge in [-0.25, -0.2) is 0 Å². The summed E-state index contributed by atoms with van der Waals surface area (Å²) in [6.07, 6.45) is 12.3. The summed E-state index contributed by atoms with van der Waals surface area (Å²) in [5.74, 6) is 0.552. The minimum Gasteiger partial charge on any atom is -0.510 e. The van der Waals surface area contributed by atoms with Crippen LogP contribution in [0.5, 0.6) is 0 Å². The lowest BCUT2D eigenvalue weighted by Crippen LogP contribution is -2.29. The second-order valence-corrected chi connectivity index (χ2v) is 7.65. The smallest absolute Gasteiger partial charge is 0.116 e. The highest BCUT2D eigenvalue weighted by molar-refractivity contribution is 8.93. The Morgan fingerprint density at radius 3 is 2.48 bits per heavy atom. The first-order chi connectivity index (χ1) is 12.8. The zero-order valence-electron chi connectivity index (χ0n) is 16.2. The SMILES string of the molecule is Br.CCCCC1=C2CCCC(O)=C2NC2=C1CCC/C2=C/c1ccccc1. The van der Waals surface area contributed by atoms with Crippen LogP contribution in [0.25, 0.3) is 6.08 Å². The number of hydrogen-bond acceptors (Lipinski definition) is 2. The summed E-state index contributed by atoms with van der Waals surface area (Å²) in [6.45, 7) is 2.26. The molecule has 0 unspecified atom stereocenters. The van der Waals surface area contributed by atoms with Crippen LogP contribution in [0.15, 0.2) is 69.8 Å². The van der Waals surface area contributed by atoms with Gasteiger partial charge < -0.3 is 10.4 Å². The molecule has 0 bridgehead atoms. The number of allylic oxidation sites excluding steroid dienone is 5. The lowest BCUT2D eigenvalue weighted by Gasteiger charge is -2.36. The van der Waals surface area contributed by atoms with Gasteiger partial charge in [-0.05, 0) is 78.9 Å².